The Bertz CT molecular complexity index is 779. The van der Waals surface area contributed by atoms with Crippen molar-refractivity contribution in [3.63, 3.8) is 0 Å². The number of quaternary nitrogens is 1. The molecule has 1 aromatic carbocycles. The van der Waals surface area contributed by atoms with Crippen LogP contribution in [0.25, 0.3) is 11.5 Å². The monoisotopic (exact) mass is 366 g/mol. The van der Waals surface area contributed by atoms with Gasteiger partial charge in [-0.25, -0.2) is 4.39 Å². The maximum atomic E-state index is 13.0. The number of hydrogen-bond donors (Lipinski definition) is 1. The van der Waals surface area contributed by atoms with Crippen LogP contribution in [0.4, 0.5) is 4.39 Å². The normalized spacial score (nSPS) is 20.4. The number of aromatic nitrogens is 2. The van der Waals surface area contributed by atoms with Gasteiger partial charge in [0.15, 0.2) is 6.67 Å². The number of esters is 1. The second-order valence-electron chi connectivity index (χ2n) is 6.11. The number of nitrogens with one attached hydrogen (secondary N) is 1. The van der Waals surface area contributed by atoms with Crippen molar-refractivity contribution in [2.45, 2.75) is 26.4 Å². The van der Waals surface area contributed by atoms with Gasteiger partial charge in [0.1, 0.15) is 5.82 Å². The van der Waals surface area contributed by atoms with Crippen LogP contribution in [-0.4, -0.2) is 35.4 Å². The Balaban J connectivity index is 1.62. The van der Waals surface area contributed by atoms with E-state index in [0.29, 0.717) is 29.6 Å². The Morgan fingerprint density at radius 2 is 2.08 bits per heavy atom. The highest BCUT2D eigenvalue weighted by Crippen LogP contribution is 2.18. The first-order chi connectivity index (χ1) is 12.1. The number of halogens is 1. The van der Waals surface area contributed by atoms with Crippen LogP contribution in [-0.2, 0) is 16.2 Å². The van der Waals surface area contributed by atoms with Gasteiger partial charge in [0, 0.05) is 18.4 Å². The van der Waals surface area contributed by atoms with Gasteiger partial charge >= 0.3 is 5.97 Å². The van der Waals surface area contributed by atoms with Gasteiger partial charge in [-0.3, -0.25) is 4.79 Å². The summed E-state index contributed by atoms with van der Waals surface area (Å²) in [7, 11) is 0. The number of carbonyl (C=O) groups is 1. The number of carbonyl (C=O) groups excluding carboxylic acids is 1. The minimum atomic E-state index is -0.310. The smallest absolute Gasteiger partial charge is 0.309 e. The predicted molar refractivity (Wildman–Crippen MR) is 90.8 cm³/mol. The SMILES string of the molecule is CCOC(=O)C1CC[NH+](Cn2nc(-c3ccc(F)cc3)oc2=S)CC1. The van der Waals surface area contributed by atoms with Gasteiger partial charge in [0.25, 0.3) is 4.84 Å². The summed E-state index contributed by atoms with van der Waals surface area (Å²) in [6.07, 6.45) is 1.59. The lowest BCUT2D eigenvalue weighted by molar-refractivity contribution is -0.929. The summed E-state index contributed by atoms with van der Waals surface area (Å²) in [5.41, 5.74) is 0.683. The maximum Gasteiger partial charge on any atom is 0.309 e. The zero-order valence-corrected chi connectivity index (χ0v) is 14.9. The van der Waals surface area contributed by atoms with Crippen LogP contribution >= 0.6 is 12.2 Å². The molecule has 2 heterocycles. The molecule has 134 valence electrons. The molecule has 1 aromatic heterocycles. The van der Waals surface area contributed by atoms with E-state index in [2.05, 4.69) is 5.10 Å². The molecule has 0 unspecified atom stereocenters. The summed E-state index contributed by atoms with van der Waals surface area (Å²) in [6.45, 7) is 4.53. The minimum absolute atomic E-state index is 0.0104. The van der Waals surface area contributed by atoms with Crippen molar-refractivity contribution in [2.24, 2.45) is 5.92 Å². The van der Waals surface area contributed by atoms with Gasteiger partial charge in [-0.05, 0) is 43.4 Å². The summed E-state index contributed by atoms with van der Waals surface area (Å²) < 4.78 is 25.3. The van der Waals surface area contributed by atoms with Crippen LogP contribution in [0.2, 0.25) is 0 Å². The molecule has 0 spiro atoms. The molecule has 1 saturated heterocycles. The molecule has 1 aliphatic heterocycles. The Morgan fingerprint density at radius 3 is 2.72 bits per heavy atom. The molecule has 25 heavy (non-hydrogen) atoms. The second kappa shape index (κ2) is 7.88. The Hall–Kier alpha value is -2.06. The van der Waals surface area contributed by atoms with E-state index in [9.17, 15) is 9.18 Å². The molecular weight excluding hydrogens is 345 g/mol. The quantitative estimate of drug-likeness (QED) is 0.646. The van der Waals surface area contributed by atoms with Crippen molar-refractivity contribution in [3.05, 3.63) is 34.9 Å². The molecule has 8 heteroatoms. The van der Waals surface area contributed by atoms with Crippen LogP contribution < -0.4 is 4.90 Å². The average Bonchev–Trinajstić information content (AvgIpc) is 2.97. The summed E-state index contributed by atoms with van der Waals surface area (Å²) in [6, 6.07) is 5.94. The molecule has 0 radical (unpaired) electrons. The third-order valence-corrected chi connectivity index (χ3v) is 4.68. The highest BCUT2D eigenvalue weighted by atomic mass is 32.1. The lowest BCUT2D eigenvalue weighted by Crippen LogP contribution is -3.12. The number of hydrogen-bond acceptors (Lipinski definition) is 5. The van der Waals surface area contributed by atoms with Crippen molar-refractivity contribution >= 4 is 18.2 Å². The largest absolute Gasteiger partial charge is 0.466 e. The molecule has 2 aromatic rings. The molecular formula is C17H21FN3O3S+. The van der Waals surface area contributed by atoms with E-state index in [0.717, 1.165) is 25.9 Å². The molecule has 0 amide bonds. The average molecular weight is 366 g/mol. The maximum absolute atomic E-state index is 13.0. The Labute approximate surface area is 150 Å². The lowest BCUT2D eigenvalue weighted by atomic mass is 9.97. The Kier molecular flexibility index (Phi) is 5.60. The zero-order valence-electron chi connectivity index (χ0n) is 14.0. The van der Waals surface area contributed by atoms with Gasteiger partial charge in [0.05, 0.1) is 25.6 Å². The number of likely N-dealkylation sites (tertiary alicyclic amines) is 1. The molecule has 0 aliphatic carbocycles. The predicted octanol–water partition coefficient (Wildman–Crippen LogP) is 1.83. The molecule has 0 saturated carbocycles. The Morgan fingerprint density at radius 1 is 1.40 bits per heavy atom. The van der Waals surface area contributed by atoms with Crippen LogP contribution in [0.15, 0.2) is 28.7 Å². The van der Waals surface area contributed by atoms with Gasteiger partial charge < -0.3 is 14.1 Å². The van der Waals surface area contributed by atoms with Crippen molar-refractivity contribution in [2.75, 3.05) is 19.7 Å². The highest BCUT2D eigenvalue weighted by molar-refractivity contribution is 7.71. The van der Waals surface area contributed by atoms with Gasteiger partial charge in [-0.1, -0.05) is 0 Å². The summed E-state index contributed by atoms with van der Waals surface area (Å²) in [5, 5.41) is 4.40. The fourth-order valence-electron chi connectivity index (χ4n) is 3.01. The van der Waals surface area contributed by atoms with E-state index in [4.69, 9.17) is 21.4 Å². The van der Waals surface area contributed by atoms with Gasteiger partial charge in [-0.2, -0.15) is 4.68 Å². The van der Waals surface area contributed by atoms with Crippen LogP contribution in [0.3, 0.4) is 0 Å². The van der Waals surface area contributed by atoms with E-state index >= 15 is 0 Å². The number of nitrogens with zero attached hydrogens (tertiary/aromatic N) is 2. The zero-order chi connectivity index (χ0) is 17.8. The topological polar surface area (TPSA) is 61.7 Å². The van der Waals surface area contributed by atoms with Crippen LogP contribution in [0, 0.1) is 16.6 Å². The van der Waals surface area contributed by atoms with E-state index in [-0.39, 0.29) is 17.7 Å². The van der Waals surface area contributed by atoms with Gasteiger partial charge in [-0.15, -0.1) is 5.10 Å². The van der Waals surface area contributed by atoms with Gasteiger partial charge in [0.2, 0.25) is 5.89 Å². The first-order valence-corrected chi connectivity index (χ1v) is 8.81. The molecule has 1 N–H and O–H groups in total. The first-order valence-electron chi connectivity index (χ1n) is 8.41. The molecule has 0 atom stereocenters. The molecule has 0 bridgehead atoms. The third-order valence-electron chi connectivity index (χ3n) is 4.38. The number of piperidine rings is 1. The second-order valence-corrected chi connectivity index (χ2v) is 6.46. The fraction of sp³-hybridized carbons (Fsp3) is 0.471. The van der Waals surface area contributed by atoms with Crippen molar-refractivity contribution < 1.29 is 23.2 Å². The molecule has 6 nitrogen and oxygen atoms in total. The number of benzene rings is 1. The van der Waals surface area contributed by atoms with Crippen LogP contribution in [0.5, 0.6) is 0 Å². The van der Waals surface area contributed by atoms with Crippen LogP contribution in [0.1, 0.15) is 19.8 Å². The molecule has 1 fully saturated rings. The third kappa shape index (κ3) is 4.32. The highest BCUT2D eigenvalue weighted by Gasteiger charge is 2.28. The summed E-state index contributed by atoms with van der Waals surface area (Å²) in [5.74, 6) is -0.0385. The van der Waals surface area contributed by atoms with Crippen molar-refractivity contribution in [1.29, 1.82) is 0 Å². The standard InChI is InChI=1S/C17H20FN3O3S/c1-2-23-16(22)13-7-9-20(10-8-13)11-21-17(25)24-15(19-21)12-3-5-14(18)6-4-12/h3-6,13H,2,7-11H2,1H3/p+1. The summed E-state index contributed by atoms with van der Waals surface area (Å²) >= 11 is 5.24. The van der Waals surface area contributed by atoms with Crippen molar-refractivity contribution in [3.8, 4) is 11.5 Å². The fourth-order valence-corrected chi connectivity index (χ4v) is 3.19. The van der Waals surface area contributed by atoms with E-state index in [1.165, 1.54) is 17.0 Å². The molecule has 1 aliphatic rings. The van der Waals surface area contributed by atoms with E-state index in [1.807, 2.05) is 6.92 Å². The molecule has 3 rings (SSSR count). The summed E-state index contributed by atoms with van der Waals surface area (Å²) in [4.78, 5) is 13.4. The first kappa shape index (κ1) is 17.8. The minimum Gasteiger partial charge on any atom is -0.466 e. The van der Waals surface area contributed by atoms with E-state index < -0.39 is 0 Å². The number of rotatable bonds is 5. The lowest BCUT2D eigenvalue weighted by Gasteiger charge is -2.27. The van der Waals surface area contributed by atoms with Crippen molar-refractivity contribution in [1.82, 2.24) is 9.78 Å². The van der Waals surface area contributed by atoms with E-state index in [1.54, 1.807) is 16.8 Å². The number of ether oxygens (including phenoxy) is 1.